The number of carbonyl (C=O) groups excluding carboxylic acids is 1. The fraction of sp³-hybridized carbons (Fsp3) is 0.579. The van der Waals surface area contributed by atoms with E-state index in [-0.39, 0.29) is 22.4 Å². The summed E-state index contributed by atoms with van der Waals surface area (Å²) in [6.07, 6.45) is 8.92. The average Bonchev–Trinajstić information content (AvgIpc) is 2.87. The fourth-order valence-corrected chi connectivity index (χ4v) is 6.82. The van der Waals surface area contributed by atoms with Gasteiger partial charge in [0.05, 0.1) is 5.39 Å². The third-order valence-corrected chi connectivity index (χ3v) is 7.48. The molecule has 2 N–H and O–H groups in total. The molecule has 4 bridgehead atoms. The van der Waals surface area contributed by atoms with Gasteiger partial charge in [-0.3, -0.25) is 9.59 Å². The SMILES string of the molecule is Cc1csc2[nH]cc(C(=O)NC34CC5CC(CC(C5)C3)C4)c(=O)c12. The van der Waals surface area contributed by atoms with E-state index in [0.29, 0.717) is 5.39 Å². The molecular weight excluding hydrogens is 320 g/mol. The summed E-state index contributed by atoms with van der Waals surface area (Å²) in [5.74, 6) is 2.13. The van der Waals surface area contributed by atoms with Crippen LogP contribution in [-0.4, -0.2) is 16.4 Å². The number of nitrogens with one attached hydrogen (secondary N) is 2. The number of pyridine rings is 1. The summed E-state index contributed by atoms with van der Waals surface area (Å²) in [5, 5.41) is 5.93. The first-order valence-electron chi connectivity index (χ1n) is 8.95. The first-order chi connectivity index (χ1) is 11.5. The van der Waals surface area contributed by atoms with E-state index in [9.17, 15) is 9.59 Å². The van der Waals surface area contributed by atoms with Crippen molar-refractivity contribution in [3.63, 3.8) is 0 Å². The van der Waals surface area contributed by atoms with Crippen molar-refractivity contribution in [3.05, 3.63) is 32.9 Å². The van der Waals surface area contributed by atoms with E-state index in [4.69, 9.17) is 0 Å². The summed E-state index contributed by atoms with van der Waals surface area (Å²) in [4.78, 5) is 29.6. The van der Waals surface area contributed by atoms with Gasteiger partial charge in [-0.05, 0) is 74.1 Å². The van der Waals surface area contributed by atoms with E-state index in [1.54, 1.807) is 6.20 Å². The smallest absolute Gasteiger partial charge is 0.257 e. The maximum Gasteiger partial charge on any atom is 0.257 e. The van der Waals surface area contributed by atoms with Crippen LogP contribution in [0.3, 0.4) is 0 Å². The molecule has 4 saturated carbocycles. The minimum absolute atomic E-state index is 0.0586. The molecule has 6 rings (SSSR count). The van der Waals surface area contributed by atoms with Crippen molar-refractivity contribution in [1.82, 2.24) is 10.3 Å². The van der Waals surface area contributed by atoms with Gasteiger partial charge in [0, 0.05) is 11.7 Å². The van der Waals surface area contributed by atoms with Crippen LogP contribution in [0.5, 0.6) is 0 Å². The van der Waals surface area contributed by atoms with Gasteiger partial charge in [-0.2, -0.15) is 0 Å². The molecule has 0 spiro atoms. The molecule has 1 amide bonds. The van der Waals surface area contributed by atoms with Gasteiger partial charge in [-0.15, -0.1) is 11.3 Å². The molecule has 0 atom stereocenters. The van der Waals surface area contributed by atoms with Gasteiger partial charge in [-0.1, -0.05) is 0 Å². The molecule has 4 fully saturated rings. The van der Waals surface area contributed by atoms with Crippen molar-refractivity contribution in [2.24, 2.45) is 17.8 Å². The second-order valence-corrected chi connectivity index (χ2v) is 9.19. The summed E-state index contributed by atoms with van der Waals surface area (Å²) < 4.78 is 0. The van der Waals surface area contributed by atoms with Crippen molar-refractivity contribution in [2.45, 2.75) is 51.0 Å². The molecule has 2 heterocycles. The lowest BCUT2D eigenvalue weighted by Gasteiger charge is -2.56. The Kier molecular flexibility index (Phi) is 3.03. The monoisotopic (exact) mass is 342 g/mol. The highest BCUT2D eigenvalue weighted by Crippen LogP contribution is 2.55. The van der Waals surface area contributed by atoms with E-state index in [0.717, 1.165) is 47.4 Å². The van der Waals surface area contributed by atoms with E-state index in [1.807, 2.05) is 12.3 Å². The van der Waals surface area contributed by atoms with E-state index in [2.05, 4.69) is 10.3 Å². The number of thiophene rings is 1. The molecule has 0 aromatic carbocycles. The maximum atomic E-state index is 12.9. The second kappa shape index (κ2) is 4.94. The summed E-state index contributed by atoms with van der Waals surface area (Å²) in [6, 6.07) is 0. The Bertz CT molecular complexity index is 859. The van der Waals surface area contributed by atoms with Crippen LogP contribution in [0, 0.1) is 24.7 Å². The highest BCUT2D eigenvalue weighted by molar-refractivity contribution is 7.16. The van der Waals surface area contributed by atoms with Gasteiger partial charge in [0.25, 0.3) is 5.91 Å². The summed E-state index contributed by atoms with van der Waals surface area (Å²) in [5.41, 5.74) is 1.02. The molecule has 4 nitrogen and oxygen atoms in total. The zero-order valence-corrected chi connectivity index (χ0v) is 14.7. The molecule has 0 unspecified atom stereocenters. The number of aromatic nitrogens is 1. The lowest BCUT2D eigenvalue weighted by atomic mass is 9.53. The zero-order chi connectivity index (χ0) is 16.5. The summed E-state index contributed by atoms with van der Waals surface area (Å²) in [6.45, 7) is 1.93. The largest absolute Gasteiger partial charge is 0.352 e. The van der Waals surface area contributed by atoms with Crippen LogP contribution in [0.25, 0.3) is 10.2 Å². The molecule has 0 saturated heterocycles. The van der Waals surface area contributed by atoms with Crippen LogP contribution in [0.15, 0.2) is 16.4 Å². The van der Waals surface area contributed by atoms with Crippen LogP contribution < -0.4 is 10.7 Å². The van der Waals surface area contributed by atoms with Crippen LogP contribution in [-0.2, 0) is 0 Å². The Morgan fingerprint density at radius 1 is 1.21 bits per heavy atom. The van der Waals surface area contributed by atoms with Gasteiger partial charge in [0.15, 0.2) is 0 Å². The van der Waals surface area contributed by atoms with Crippen molar-refractivity contribution >= 4 is 27.5 Å². The van der Waals surface area contributed by atoms with Crippen LogP contribution >= 0.6 is 11.3 Å². The number of fused-ring (bicyclic) bond motifs is 1. The number of amides is 1. The number of aromatic amines is 1. The summed E-state index contributed by atoms with van der Waals surface area (Å²) in [7, 11) is 0. The highest BCUT2D eigenvalue weighted by Gasteiger charge is 2.51. The molecule has 4 aliphatic carbocycles. The highest BCUT2D eigenvalue weighted by atomic mass is 32.1. The second-order valence-electron chi connectivity index (χ2n) is 8.31. The fourth-order valence-electron chi connectivity index (χ4n) is 5.91. The van der Waals surface area contributed by atoms with Crippen LogP contribution in [0.2, 0.25) is 0 Å². The Morgan fingerprint density at radius 2 is 1.83 bits per heavy atom. The number of hydrogen-bond acceptors (Lipinski definition) is 3. The van der Waals surface area contributed by atoms with Crippen LogP contribution in [0.4, 0.5) is 0 Å². The normalized spacial score (nSPS) is 34.0. The molecule has 4 aliphatic rings. The molecule has 24 heavy (non-hydrogen) atoms. The third-order valence-electron chi connectivity index (χ3n) is 6.46. The van der Waals surface area contributed by atoms with Gasteiger partial charge in [0.1, 0.15) is 10.4 Å². The first kappa shape index (κ1) is 14.7. The van der Waals surface area contributed by atoms with Gasteiger partial charge >= 0.3 is 0 Å². The topological polar surface area (TPSA) is 62.0 Å². The Labute approximate surface area is 144 Å². The van der Waals surface area contributed by atoms with Crippen molar-refractivity contribution in [1.29, 1.82) is 0 Å². The number of H-pyrrole nitrogens is 1. The number of rotatable bonds is 2. The predicted molar refractivity (Wildman–Crippen MR) is 95.6 cm³/mol. The average molecular weight is 342 g/mol. The third kappa shape index (κ3) is 2.10. The number of hydrogen-bond donors (Lipinski definition) is 2. The molecule has 2 aromatic rings. The Balaban J connectivity index is 1.48. The van der Waals surface area contributed by atoms with Gasteiger partial charge < -0.3 is 10.3 Å². The Morgan fingerprint density at radius 3 is 2.46 bits per heavy atom. The van der Waals surface area contributed by atoms with E-state index < -0.39 is 0 Å². The van der Waals surface area contributed by atoms with Gasteiger partial charge in [0.2, 0.25) is 5.43 Å². The standard InChI is InChI=1S/C19H22N2O2S/c1-10-9-24-18-15(10)16(22)14(8-20-18)17(23)21-19-5-11-2-12(6-19)4-13(3-11)7-19/h8-9,11-13H,2-7H2,1H3,(H,20,22)(H,21,23). The molecule has 126 valence electrons. The molecule has 5 heteroatoms. The first-order valence-corrected chi connectivity index (χ1v) is 9.83. The predicted octanol–water partition coefficient (Wildman–Crippen LogP) is 3.60. The van der Waals surface area contributed by atoms with Crippen LogP contribution in [0.1, 0.15) is 54.4 Å². The zero-order valence-electron chi connectivity index (χ0n) is 13.9. The van der Waals surface area contributed by atoms with E-state index >= 15 is 0 Å². The minimum atomic E-state index is -0.189. The van der Waals surface area contributed by atoms with Crippen molar-refractivity contribution in [3.8, 4) is 0 Å². The minimum Gasteiger partial charge on any atom is -0.352 e. The number of aryl methyl sites for hydroxylation is 1. The van der Waals surface area contributed by atoms with Crippen molar-refractivity contribution in [2.75, 3.05) is 0 Å². The molecule has 0 radical (unpaired) electrons. The lowest BCUT2D eigenvalue weighted by Crippen LogP contribution is -2.60. The lowest BCUT2D eigenvalue weighted by molar-refractivity contribution is -0.0167. The van der Waals surface area contributed by atoms with Gasteiger partial charge in [-0.25, -0.2) is 0 Å². The summed E-state index contributed by atoms with van der Waals surface area (Å²) >= 11 is 1.52. The maximum absolute atomic E-state index is 12.9. The number of carbonyl (C=O) groups is 1. The molecule has 0 aliphatic heterocycles. The molecular formula is C19H22N2O2S. The quantitative estimate of drug-likeness (QED) is 0.876. The van der Waals surface area contributed by atoms with Crippen molar-refractivity contribution < 1.29 is 4.79 Å². The molecule has 2 aromatic heterocycles. The Hall–Kier alpha value is -1.62. The van der Waals surface area contributed by atoms with E-state index in [1.165, 1.54) is 30.6 Å².